The van der Waals surface area contributed by atoms with Crippen molar-refractivity contribution >= 4 is 23.7 Å². The molecule has 27 heavy (non-hydrogen) atoms. The van der Waals surface area contributed by atoms with Gasteiger partial charge >= 0.3 is 12.1 Å². The molecule has 0 aromatic heterocycles. The number of esters is 1. The molecule has 0 radical (unpaired) electrons. The molecule has 0 saturated carbocycles. The van der Waals surface area contributed by atoms with Crippen molar-refractivity contribution in [3.63, 3.8) is 0 Å². The lowest BCUT2D eigenvalue weighted by Gasteiger charge is -2.19. The minimum atomic E-state index is -0.606. The molecule has 0 aliphatic rings. The van der Waals surface area contributed by atoms with Gasteiger partial charge in [0.25, 0.3) is 0 Å². The molecule has 4 N–H and O–H groups in total. The summed E-state index contributed by atoms with van der Waals surface area (Å²) < 4.78 is 9.84. The highest BCUT2D eigenvalue weighted by molar-refractivity contribution is 5.95. The number of alkyl carbamates (subject to hydrolysis) is 1. The van der Waals surface area contributed by atoms with Gasteiger partial charge in [-0.1, -0.05) is 11.8 Å². The van der Waals surface area contributed by atoms with Crippen molar-refractivity contribution < 1.29 is 23.9 Å². The Balaban J connectivity index is 2.91. The van der Waals surface area contributed by atoms with Gasteiger partial charge in [0.1, 0.15) is 5.60 Å². The summed E-state index contributed by atoms with van der Waals surface area (Å²) in [5.74, 6) is 4.74. The zero-order valence-corrected chi connectivity index (χ0v) is 16.0. The summed E-state index contributed by atoms with van der Waals surface area (Å²) in [5.41, 5.74) is 5.83. The molecule has 146 valence electrons. The van der Waals surface area contributed by atoms with E-state index in [9.17, 15) is 14.4 Å². The average Bonchev–Trinajstić information content (AvgIpc) is 2.57. The molecule has 0 heterocycles. The number of methoxy groups -OCH3 is 1. The molecule has 0 fully saturated rings. The first-order valence-electron chi connectivity index (χ1n) is 8.34. The number of amides is 2. The van der Waals surface area contributed by atoms with E-state index in [1.54, 1.807) is 32.9 Å². The number of nitrogens with two attached hydrogens (primary N) is 1. The molecule has 1 rings (SSSR count). The van der Waals surface area contributed by atoms with Crippen LogP contribution in [0.15, 0.2) is 18.2 Å². The van der Waals surface area contributed by atoms with E-state index in [1.807, 2.05) is 0 Å². The van der Waals surface area contributed by atoms with Crippen LogP contribution in [0.1, 0.15) is 43.1 Å². The number of ether oxygens (including phenoxy) is 2. The molecule has 1 aromatic carbocycles. The lowest BCUT2D eigenvalue weighted by atomic mass is 10.1. The zero-order valence-electron chi connectivity index (χ0n) is 16.0. The zero-order chi connectivity index (χ0) is 20.4. The van der Waals surface area contributed by atoms with E-state index in [1.165, 1.54) is 13.2 Å². The Morgan fingerprint density at radius 2 is 1.93 bits per heavy atom. The summed E-state index contributed by atoms with van der Waals surface area (Å²) in [4.78, 5) is 35.1. The van der Waals surface area contributed by atoms with Crippen molar-refractivity contribution in [2.24, 2.45) is 5.73 Å². The van der Waals surface area contributed by atoms with Crippen LogP contribution in [0.5, 0.6) is 0 Å². The van der Waals surface area contributed by atoms with Crippen LogP contribution >= 0.6 is 0 Å². The fraction of sp³-hybridized carbons (Fsp3) is 0.421. The summed E-state index contributed by atoms with van der Waals surface area (Å²) >= 11 is 0. The Morgan fingerprint density at radius 1 is 1.22 bits per heavy atom. The van der Waals surface area contributed by atoms with Crippen molar-refractivity contribution in [1.82, 2.24) is 5.32 Å². The van der Waals surface area contributed by atoms with Gasteiger partial charge in [0.15, 0.2) is 0 Å². The van der Waals surface area contributed by atoms with Crippen LogP contribution in [-0.2, 0) is 14.3 Å². The highest BCUT2D eigenvalue weighted by Gasteiger charge is 2.15. The molecular formula is C19H25N3O5. The van der Waals surface area contributed by atoms with Crippen LogP contribution in [0.25, 0.3) is 0 Å². The molecule has 0 aliphatic heterocycles. The largest absolute Gasteiger partial charge is 0.465 e. The van der Waals surface area contributed by atoms with Crippen LogP contribution in [0.2, 0.25) is 0 Å². The van der Waals surface area contributed by atoms with Crippen molar-refractivity contribution in [2.75, 3.05) is 25.5 Å². The standard InChI is InChI=1S/C19H25N3O5/c1-19(2,3)27-18(25)21-11-5-6-13-12-14(22-16(23)9-10-20)7-8-15(13)17(24)26-4/h7-8,12H,9-11,20H2,1-4H3,(H,21,25)(H,22,23). The minimum absolute atomic E-state index is 0.0271. The van der Waals surface area contributed by atoms with Gasteiger partial charge in [0.05, 0.1) is 19.2 Å². The second-order valence-corrected chi connectivity index (χ2v) is 6.50. The molecule has 0 saturated heterocycles. The summed E-state index contributed by atoms with van der Waals surface area (Å²) in [6.07, 6.45) is -0.410. The lowest BCUT2D eigenvalue weighted by Crippen LogP contribution is -2.32. The number of nitrogens with one attached hydrogen (secondary N) is 2. The number of hydrogen-bond acceptors (Lipinski definition) is 6. The van der Waals surface area contributed by atoms with Gasteiger partial charge in [-0.3, -0.25) is 4.79 Å². The summed E-state index contributed by atoms with van der Waals surface area (Å²) in [5, 5.41) is 5.17. The van der Waals surface area contributed by atoms with Crippen molar-refractivity contribution in [1.29, 1.82) is 0 Å². The first-order valence-corrected chi connectivity index (χ1v) is 8.34. The van der Waals surface area contributed by atoms with E-state index in [-0.39, 0.29) is 31.0 Å². The summed E-state index contributed by atoms with van der Waals surface area (Å²) in [6.45, 7) is 5.52. The smallest absolute Gasteiger partial charge is 0.408 e. The lowest BCUT2D eigenvalue weighted by molar-refractivity contribution is -0.116. The molecule has 1 aromatic rings. The molecule has 0 spiro atoms. The van der Waals surface area contributed by atoms with Gasteiger partial charge in [-0.15, -0.1) is 0 Å². The van der Waals surface area contributed by atoms with E-state index in [2.05, 4.69) is 22.5 Å². The second kappa shape index (κ2) is 10.2. The number of carbonyl (C=O) groups excluding carboxylic acids is 3. The summed E-state index contributed by atoms with van der Waals surface area (Å²) in [7, 11) is 1.26. The van der Waals surface area contributed by atoms with Gasteiger partial charge in [-0.05, 0) is 39.0 Å². The topological polar surface area (TPSA) is 120 Å². The van der Waals surface area contributed by atoms with Crippen molar-refractivity contribution in [3.8, 4) is 11.8 Å². The number of carbonyl (C=O) groups is 3. The van der Waals surface area contributed by atoms with E-state index < -0.39 is 17.7 Å². The van der Waals surface area contributed by atoms with E-state index >= 15 is 0 Å². The normalized spacial score (nSPS) is 10.3. The molecule has 8 nitrogen and oxygen atoms in total. The predicted octanol–water partition coefficient (Wildman–Crippen LogP) is 1.64. The molecule has 2 amide bonds. The van der Waals surface area contributed by atoms with Crippen molar-refractivity contribution in [3.05, 3.63) is 29.3 Å². The van der Waals surface area contributed by atoms with Gasteiger partial charge in [-0.2, -0.15) is 0 Å². The highest BCUT2D eigenvalue weighted by atomic mass is 16.6. The van der Waals surface area contributed by atoms with Gasteiger partial charge < -0.3 is 25.8 Å². The summed E-state index contributed by atoms with van der Waals surface area (Å²) in [6, 6.07) is 4.64. The third-order valence-electron chi connectivity index (χ3n) is 3.02. The Hall–Kier alpha value is -3.05. The molecule has 0 aliphatic carbocycles. The maximum atomic E-state index is 11.9. The molecule has 8 heteroatoms. The quantitative estimate of drug-likeness (QED) is 0.532. The Morgan fingerprint density at radius 3 is 2.52 bits per heavy atom. The number of rotatable bonds is 5. The SMILES string of the molecule is COC(=O)c1ccc(NC(=O)CCN)cc1C#CCNC(=O)OC(C)(C)C. The van der Waals surface area contributed by atoms with Crippen LogP contribution in [0, 0.1) is 11.8 Å². The number of hydrogen-bond donors (Lipinski definition) is 3. The molecule has 0 unspecified atom stereocenters. The first-order chi connectivity index (χ1) is 12.7. The first kappa shape index (κ1) is 22.0. The fourth-order valence-corrected chi connectivity index (χ4v) is 1.94. The average molecular weight is 375 g/mol. The van der Waals surface area contributed by atoms with Crippen LogP contribution in [0.3, 0.4) is 0 Å². The van der Waals surface area contributed by atoms with E-state index in [4.69, 9.17) is 15.2 Å². The van der Waals surface area contributed by atoms with Crippen molar-refractivity contribution in [2.45, 2.75) is 32.8 Å². The second-order valence-electron chi connectivity index (χ2n) is 6.50. The van der Waals surface area contributed by atoms with Crippen LogP contribution < -0.4 is 16.4 Å². The van der Waals surface area contributed by atoms with Gasteiger partial charge in [0.2, 0.25) is 5.91 Å². The van der Waals surface area contributed by atoms with Crippen LogP contribution in [-0.4, -0.2) is 43.8 Å². The van der Waals surface area contributed by atoms with Gasteiger partial charge in [0, 0.05) is 24.2 Å². The Labute approximate surface area is 158 Å². The Bertz CT molecular complexity index is 757. The van der Waals surface area contributed by atoms with E-state index in [0.717, 1.165) is 0 Å². The monoisotopic (exact) mass is 375 g/mol. The molecule has 0 atom stereocenters. The van der Waals surface area contributed by atoms with E-state index in [0.29, 0.717) is 11.3 Å². The molecule has 0 bridgehead atoms. The number of benzene rings is 1. The minimum Gasteiger partial charge on any atom is -0.465 e. The number of anilines is 1. The maximum absolute atomic E-state index is 11.9. The third kappa shape index (κ3) is 8.25. The maximum Gasteiger partial charge on any atom is 0.408 e. The van der Waals surface area contributed by atoms with Crippen LogP contribution in [0.4, 0.5) is 10.5 Å². The fourth-order valence-electron chi connectivity index (χ4n) is 1.94. The van der Waals surface area contributed by atoms with Gasteiger partial charge in [-0.25, -0.2) is 9.59 Å². The third-order valence-corrected chi connectivity index (χ3v) is 3.02. The molecular weight excluding hydrogens is 350 g/mol. The predicted molar refractivity (Wildman–Crippen MR) is 101 cm³/mol. The Kier molecular flexibility index (Phi) is 8.30. The highest BCUT2D eigenvalue weighted by Crippen LogP contribution is 2.16.